The van der Waals surface area contributed by atoms with Crippen molar-refractivity contribution in [3.05, 3.63) is 23.9 Å². The number of aromatic nitrogens is 1. The van der Waals surface area contributed by atoms with E-state index in [0.717, 1.165) is 18.3 Å². The number of likely N-dealkylation sites (tertiary alicyclic amines) is 1. The van der Waals surface area contributed by atoms with Crippen molar-refractivity contribution in [2.45, 2.75) is 19.4 Å². The van der Waals surface area contributed by atoms with Gasteiger partial charge in [-0.25, -0.2) is 4.98 Å². The molecule has 0 saturated carbocycles. The molecule has 1 saturated heterocycles. The lowest BCUT2D eigenvalue weighted by molar-refractivity contribution is 0.395. The van der Waals surface area contributed by atoms with Gasteiger partial charge in [0.1, 0.15) is 5.82 Å². The van der Waals surface area contributed by atoms with Crippen molar-refractivity contribution in [2.75, 3.05) is 45.7 Å². The molecule has 1 fully saturated rings. The molecule has 2 atom stereocenters. The van der Waals surface area contributed by atoms with Crippen molar-refractivity contribution in [3.63, 3.8) is 0 Å². The Bertz CT molecular complexity index is 407. The summed E-state index contributed by atoms with van der Waals surface area (Å²) in [5, 5.41) is 3.30. The standard InChI is InChI=1S/C15H26N4/c1-12(16-2)14-6-5-8-17-15(14)19(4)11-13-7-9-18(3)10-13/h5-6,8,12-13,16H,7,9-11H2,1-4H3. The second-order valence-corrected chi connectivity index (χ2v) is 5.72. The van der Waals surface area contributed by atoms with Crippen LogP contribution in [-0.4, -0.2) is 50.7 Å². The minimum atomic E-state index is 0.331. The first-order valence-corrected chi connectivity index (χ1v) is 7.13. The van der Waals surface area contributed by atoms with Gasteiger partial charge in [-0.05, 0) is 46.0 Å². The maximum absolute atomic E-state index is 4.58. The van der Waals surface area contributed by atoms with E-state index in [-0.39, 0.29) is 0 Å². The van der Waals surface area contributed by atoms with Crippen LogP contribution in [0.4, 0.5) is 5.82 Å². The van der Waals surface area contributed by atoms with Gasteiger partial charge in [0.25, 0.3) is 0 Å². The van der Waals surface area contributed by atoms with Gasteiger partial charge in [0.15, 0.2) is 0 Å². The van der Waals surface area contributed by atoms with Crippen LogP contribution >= 0.6 is 0 Å². The monoisotopic (exact) mass is 262 g/mol. The summed E-state index contributed by atoms with van der Waals surface area (Å²) in [6.45, 7) is 5.69. The number of nitrogens with zero attached hydrogens (tertiary/aromatic N) is 3. The molecule has 0 spiro atoms. The van der Waals surface area contributed by atoms with Crippen molar-refractivity contribution in [1.82, 2.24) is 15.2 Å². The fourth-order valence-corrected chi connectivity index (χ4v) is 2.87. The van der Waals surface area contributed by atoms with E-state index < -0.39 is 0 Å². The first-order valence-electron chi connectivity index (χ1n) is 7.13. The van der Waals surface area contributed by atoms with E-state index in [1.165, 1.54) is 25.1 Å². The van der Waals surface area contributed by atoms with E-state index in [1.54, 1.807) is 0 Å². The molecule has 1 aliphatic heterocycles. The maximum atomic E-state index is 4.58. The highest BCUT2D eigenvalue weighted by Gasteiger charge is 2.22. The number of pyridine rings is 1. The summed E-state index contributed by atoms with van der Waals surface area (Å²) in [7, 11) is 6.36. The van der Waals surface area contributed by atoms with Crippen molar-refractivity contribution < 1.29 is 0 Å². The van der Waals surface area contributed by atoms with Crippen LogP contribution in [0.1, 0.15) is 24.9 Å². The van der Waals surface area contributed by atoms with Crippen LogP contribution in [0, 0.1) is 5.92 Å². The van der Waals surface area contributed by atoms with E-state index >= 15 is 0 Å². The molecular formula is C15H26N4. The number of anilines is 1. The Hall–Kier alpha value is -1.13. The van der Waals surface area contributed by atoms with Crippen LogP contribution < -0.4 is 10.2 Å². The minimum absolute atomic E-state index is 0.331. The molecule has 0 amide bonds. The molecule has 1 aromatic heterocycles. The van der Waals surface area contributed by atoms with Crippen molar-refractivity contribution in [2.24, 2.45) is 5.92 Å². The second kappa shape index (κ2) is 6.35. The lowest BCUT2D eigenvalue weighted by Gasteiger charge is -2.26. The van der Waals surface area contributed by atoms with Gasteiger partial charge in [-0.1, -0.05) is 6.07 Å². The van der Waals surface area contributed by atoms with Crippen LogP contribution in [0.25, 0.3) is 0 Å². The zero-order chi connectivity index (χ0) is 13.8. The predicted octanol–water partition coefficient (Wildman–Crippen LogP) is 1.75. The number of rotatable bonds is 5. The summed E-state index contributed by atoms with van der Waals surface area (Å²) in [4.78, 5) is 9.30. The molecule has 2 unspecified atom stereocenters. The molecule has 1 aromatic rings. The smallest absolute Gasteiger partial charge is 0.133 e. The molecule has 0 radical (unpaired) electrons. The van der Waals surface area contributed by atoms with E-state index in [1.807, 2.05) is 19.3 Å². The molecule has 0 aliphatic carbocycles. The molecule has 2 heterocycles. The Morgan fingerprint density at radius 1 is 1.58 bits per heavy atom. The number of hydrogen-bond acceptors (Lipinski definition) is 4. The fourth-order valence-electron chi connectivity index (χ4n) is 2.87. The third-order valence-electron chi connectivity index (χ3n) is 4.10. The summed E-state index contributed by atoms with van der Waals surface area (Å²) in [6.07, 6.45) is 3.18. The maximum Gasteiger partial charge on any atom is 0.133 e. The van der Waals surface area contributed by atoms with E-state index in [2.05, 4.69) is 47.2 Å². The van der Waals surface area contributed by atoms with Gasteiger partial charge >= 0.3 is 0 Å². The molecule has 1 aliphatic rings. The first-order chi connectivity index (χ1) is 9.11. The highest BCUT2D eigenvalue weighted by Crippen LogP contribution is 2.24. The molecule has 2 rings (SSSR count). The van der Waals surface area contributed by atoms with Crippen LogP contribution in [-0.2, 0) is 0 Å². The Labute approximate surface area is 116 Å². The Balaban J connectivity index is 2.08. The van der Waals surface area contributed by atoms with Gasteiger partial charge in [-0.2, -0.15) is 0 Å². The van der Waals surface area contributed by atoms with Gasteiger partial charge in [-0.15, -0.1) is 0 Å². The molecule has 0 aromatic carbocycles. The topological polar surface area (TPSA) is 31.4 Å². The Kier molecular flexibility index (Phi) is 4.77. The second-order valence-electron chi connectivity index (χ2n) is 5.72. The van der Waals surface area contributed by atoms with Gasteiger partial charge in [-0.3, -0.25) is 0 Å². The Morgan fingerprint density at radius 2 is 2.37 bits per heavy atom. The normalized spacial score (nSPS) is 21.6. The molecule has 106 valence electrons. The largest absolute Gasteiger partial charge is 0.359 e. The Morgan fingerprint density at radius 3 is 3.00 bits per heavy atom. The summed E-state index contributed by atoms with van der Waals surface area (Å²) in [5.41, 5.74) is 1.28. The van der Waals surface area contributed by atoms with Gasteiger partial charge in [0.05, 0.1) is 0 Å². The number of hydrogen-bond donors (Lipinski definition) is 1. The molecule has 4 heteroatoms. The van der Waals surface area contributed by atoms with Gasteiger partial charge < -0.3 is 15.1 Å². The summed E-state index contributed by atoms with van der Waals surface area (Å²) in [6, 6.07) is 4.52. The third kappa shape index (κ3) is 3.45. The zero-order valence-corrected chi connectivity index (χ0v) is 12.6. The first kappa shape index (κ1) is 14.3. The molecule has 19 heavy (non-hydrogen) atoms. The average molecular weight is 262 g/mol. The van der Waals surface area contributed by atoms with Crippen LogP contribution in [0.3, 0.4) is 0 Å². The van der Waals surface area contributed by atoms with Crippen LogP contribution in [0.5, 0.6) is 0 Å². The quantitative estimate of drug-likeness (QED) is 0.876. The van der Waals surface area contributed by atoms with Gasteiger partial charge in [0, 0.05) is 37.9 Å². The van der Waals surface area contributed by atoms with E-state index in [4.69, 9.17) is 0 Å². The van der Waals surface area contributed by atoms with Crippen molar-refractivity contribution in [1.29, 1.82) is 0 Å². The van der Waals surface area contributed by atoms with E-state index in [9.17, 15) is 0 Å². The van der Waals surface area contributed by atoms with Crippen LogP contribution in [0.2, 0.25) is 0 Å². The van der Waals surface area contributed by atoms with Gasteiger partial charge in [0.2, 0.25) is 0 Å². The summed E-state index contributed by atoms with van der Waals surface area (Å²) < 4.78 is 0. The zero-order valence-electron chi connectivity index (χ0n) is 12.6. The van der Waals surface area contributed by atoms with E-state index in [0.29, 0.717) is 6.04 Å². The molecular weight excluding hydrogens is 236 g/mol. The van der Waals surface area contributed by atoms with Crippen molar-refractivity contribution in [3.8, 4) is 0 Å². The van der Waals surface area contributed by atoms with Crippen LogP contribution in [0.15, 0.2) is 18.3 Å². The van der Waals surface area contributed by atoms with Crippen molar-refractivity contribution >= 4 is 5.82 Å². The summed E-state index contributed by atoms with van der Waals surface area (Å²) >= 11 is 0. The molecule has 4 nitrogen and oxygen atoms in total. The highest BCUT2D eigenvalue weighted by atomic mass is 15.2. The molecule has 1 N–H and O–H groups in total. The molecule has 0 bridgehead atoms. The number of nitrogens with one attached hydrogen (secondary N) is 1. The average Bonchev–Trinajstić information content (AvgIpc) is 2.83. The summed E-state index contributed by atoms with van der Waals surface area (Å²) in [5.74, 6) is 1.87. The highest BCUT2D eigenvalue weighted by molar-refractivity contribution is 5.47. The lowest BCUT2D eigenvalue weighted by atomic mass is 10.1. The minimum Gasteiger partial charge on any atom is -0.359 e. The predicted molar refractivity (Wildman–Crippen MR) is 80.6 cm³/mol. The fraction of sp³-hybridized carbons (Fsp3) is 0.667. The third-order valence-corrected chi connectivity index (χ3v) is 4.10. The SMILES string of the molecule is CNC(C)c1cccnc1N(C)CC1CCN(C)C1. The lowest BCUT2D eigenvalue weighted by Crippen LogP contribution is -2.29.